The Morgan fingerprint density at radius 2 is 1.85 bits per heavy atom. The van der Waals surface area contributed by atoms with Gasteiger partial charge in [0.2, 0.25) is 0 Å². The van der Waals surface area contributed by atoms with Gasteiger partial charge in [0.05, 0.1) is 18.6 Å². The zero-order valence-electron chi connectivity index (χ0n) is 12.8. The molecule has 0 saturated heterocycles. The number of ether oxygens (including phenoxy) is 2. The van der Waals surface area contributed by atoms with Gasteiger partial charge in [0.15, 0.2) is 0 Å². The Morgan fingerprint density at radius 3 is 2.40 bits per heavy atom. The van der Waals surface area contributed by atoms with Crippen molar-refractivity contribution in [1.82, 2.24) is 0 Å². The molecule has 0 spiro atoms. The minimum atomic E-state index is -0.537. The second kappa shape index (κ2) is 6.55. The molecule has 0 fully saturated rings. The molecule has 0 unspecified atom stereocenters. The van der Waals surface area contributed by atoms with E-state index >= 15 is 0 Å². The summed E-state index contributed by atoms with van der Waals surface area (Å²) in [6, 6.07) is 5.39. The topological polar surface area (TPSA) is 52.6 Å². The molecule has 110 valence electrons. The number of benzene rings is 1. The van der Waals surface area contributed by atoms with Crippen LogP contribution in [0.5, 0.6) is 0 Å². The van der Waals surface area contributed by atoms with Gasteiger partial charge in [0.1, 0.15) is 5.60 Å². The van der Waals surface area contributed by atoms with Gasteiger partial charge < -0.3 is 9.47 Å². The van der Waals surface area contributed by atoms with Gasteiger partial charge in [-0.2, -0.15) is 0 Å². The van der Waals surface area contributed by atoms with Crippen molar-refractivity contribution in [3.8, 4) is 0 Å². The molecule has 1 aromatic carbocycles. The lowest BCUT2D eigenvalue weighted by atomic mass is 9.99. The number of hydrogen-bond acceptors (Lipinski definition) is 4. The smallest absolute Gasteiger partial charge is 0.338 e. The van der Waals surface area contributed by atoms with E-state index in [1.165, 1.54) is 0 Å². The second-order valence-corrected chi connectivity index (χ2v) is 5.59. The van der Waals surface area contributed by atoms with Crippen LogP contribution in [0.15, 0.2) is 18.2 Å². The van der Waals surface area contributed by atoms with E-state index in [1.54, 1.807) is 13.0 Å². The predicted octanol–water partition coefficient (Wildman–Crippen LogP) is 3.06. The molecule has 0 radical (unpaired) electrons. The summed E-state index contributed by atoms with van der Waals surface area (Å²) in [5.74, 6) is -0.752. The highest BCUT2D eigenvalue weighted by molar-refractivity contribution is 5.94. The first-order valence-corrected chi connectivity index (χ1v) is 6.72. The van der Waals surface area contributed by atoms with Crippen molar-refractivity contribution < 1.29 is 19.1 Å². The highest BCUT2D eigenvalue weighted by Crippen LogP contribution is 2.18. The third-order valence-corrected chi connectivity index (χ3v) is 2.59. The van der Waals surface area contributed by atoms with Crippen molar-refractivity contribution >= 4 is 11.9 Å². The van der Waals surface area contributed by atoms with Crippen LogP contribution in [-0.2, 0) is 20.7 Å². The van der Waals surface area contributed by atoms with Crippen LogP contribution >= 0.6 is 0 Å². The van der Waals surface area contributed by atoms with Gasteiger partial charge in [0.25, 0.3) is 0 Å². The molecule has 4 heteroatoms. The molecular formula is C16H22O4. The van der Waals surface area contributed by atoms with Crippen LogP contribution in [0.25, 0.3) is 0 Å². The van der Waals surface area contributed by atoms with Crippen LogP contribution < -0.4 is 0 Å². The van der Waals surface area contributed by atoms with E-state index in [0.29, 0.717) is 17.7 Å². The SMILES string of the molecule is CCOC(=O)c1c(C)cccc1CC(=O)OC(C)(C)C. The molecule has 0 aliphatic carbocycles. The zero-order chi connectivity index (χ0) is 15.3. The molecule has 1 aromatic rings. The Morgan fingerprint density at radius 1 is 1.20 bits per heavy atom. The van der Waals surface area contributed by atoms with Gasteiger partial charge >= 0.3 is 11.9 Å². The molecule has 1 rings (SSSR count). The average molecular weight is 278 g/mol. The summed E-state index contributed by atoms with van der Waals surface area (Å²) in [5, 5.41) is 0. The molecular weight excluding hydrogens is 256 g/mol. The van der Waals surface area contributed by atoms with Crippen molar-refractivity contribution in [2.24, 2.45) is 0 Å². The summed E-state index contributed by atoms with van der Waals surface area (Å²) in [6.07, 6.45) is 0.0626. The van der Waals surface area contributed by atoms with E-state index in [9.17, 15) is 9.59 Å². The van der Waals surface area contributed by atoms with E-state index in [1.807, 2.05) is 39.8 Å². The van der Waals surface area contributed by atoms with E-state index < -0.39 is 11.6 Å². The fraction of sp³-hybridized carbons (Fsp3) is 0.500. The van der Waals surface area contributed by atoms with Gasteiger partial charge in [-0.1, -0.05) is 18.2 Å². The van der Waals surface area contributed by atoms with Gasteiger partial charge in [-0.25, -0.2) is 4.79 Å². The van der Waals surface area contributed by atoms with Crippen LogP contribution in [0.4, 0.5) is 0 Å². The lowest BCUT2D eigenvalue weighted by Gasteiger charge is -2.20. The Hall–Kier alpha value is -1.84. The summed E-state index contributed by atoms with van der Waals surface area (Å²) in [5.41, 5.74) is 1.35. The van der Waals surface area contributed by atoms with Crippen molar-refractivity contribution in [3.63, 3.8) is 0 Å². The minimum Gasteiger partial charge on any atom is -0.462 e. The molecule has 20 heavy (non-hydrogen) atoms. The molecule has 4 nitrogen and oxygen atoms in total. The van der Waals surface area contributed by atoms with Crippen LogP contribution in [0, 0.1) is 6.92 Å². The number of aryl methyl sites for hydroxylation is 1. The Labute approximate surface area is 120 Å². The van der Waals surface area contributed by atoms with Gasteiger partial charge in [-0.05, 0) is 45.7 Å². The highest BCUT2D eigenvalue weighted by atomic mass is 16.6. The average Bonchev–Trinajstić information content (AvgIpc) is 2.26. The summed E-state index contributed by atoms with van der Waals surface area (Å²) in [7, 11) is 0. The molecule has 0 amide bonds. The van der Waals surface area contributed by atoms with E-state index in [0.717, 1.165) is 5.56 Å². The first-order chi connectivity index (χ1) is 9.24. The monoisotopic (exact) mass is 278 g/mol. The van der Waals surface area contributed by atoms with Crippen LogP contribution in [-0.4, -0.2) is 24.1 Å². The van der Waals surface area contributed by atoms with Crippen molar-refractivity contribution in [1.29, 1.82) is 0 Å². The Bertz CT molecular complexity index is 498. The first kappa shape index (κ1) is 16.2. The molecule has 0 bridgehead atoms. The maximum Gasteiger partial charge on any atom is 0.338 e. The molecule has 0 aliphatic rings. The van der Waals surface area contributed by atoms with Crippen molar-refractivity contribution in [3.05, 3.63) is 34.9 Å². The third kappa shape index (κ3) is 4.68. The number of carbonyl (C=O) groups excluding carboxylic acids is 2. The van der Waals surface area contributed by atoms with E-state index in [2.05, 4.69) is 0 Å². The fourth-order valence-electron chi connectivity index (χ4n) is 1.90. The predicted molar refractivity (Wildman–Crippen MR) is 76.7 cm³/mol. The maximum absolute atomic E-state index is 12.0. The van der Waals surface area contributed by atoms with Gasteiger partial charge in [0, 0.05) is 0 Å². The first-order valence-electron chi connectivity index (χ1n) is 6.72. The molecule has 0 atom stereocenters. The quantitative estimate of drug-likeness (QED) is 0.794. The summed E-state index contributed by atoms with van der Waals surface area (Å²) in [6.45, 7) is 9.32. The lowest BCUT2D eigenvalue weighted by molar-refractivity contribution is -0.153. The van der Waals surface area contributed by atoms with Crippen LogP contribution in [0.1, 0.15) is 49.2 Å². The molecule has 0 saturated carbocycles. The lowest BCUT2D eigenvalue weighted by Crippen LogP contribution is -2.25. The number of carbonyl (C=O) groups is 2. The Kier molecular flexibility index (Phi) is 5.31. The van der Waals surface area contributed by atoms with E-state index in [4.69, 9.17) is 9.47 Å². The second-order valence-electron chi connectivity index (χ2n) is 5.59. The van der Waals surface area contributed by atoms with Gasteiger partial charge in [-0.15, -0.1) is 0 Å². The summed E-state index contributed by atoms with van der Waals surface area (Å²) < 4.78 is 10.3. The third-order valence-electron chi connectivity index (χ3n) is 2.59. The maximum atomic E-state index is 12.0. The van der Waals surface area contributed by atoms with Crippen molar-refractivity contribution in [2.45, 2.75) is 46.6 Å². The molecule has 0 heterocycles. The zero-order valence-corrected chi connectivity index (χ0v) is 12.8. The summed E-state index contributed by atoms with van der Waals surface area (Å²) in [4.78, 5) is 23.9. The summed E-state index contributed by atoms with van der Waals surface area (Å²) >= 11 is 0. The molecule has 0 aliphatic heterocycles. The largest absolute Gasteiger partial charge is 0.462 e. The van der Waals surface area contributed by atoms with Crippen molar-refractivity contribution in [2.75, 3.05) is 6.61 Å². The molecule has 0 aromatic heterocycles. The Balaban J connectivity index is 2.98. The normalized spacial score (nSPS) is 11.1. The minimum absolute atomic E-state index is 0.0626. The number of rotatable bonds is 4. The standard InChI is InChI=1S/C16H22O4/c1-6-19-15(18)14-11(2)8-7-9-12(14)10-13(17)20-16(3,4)5/h7-9H,6,10H2,1-5H3. The number of esters is 2. The van der Waals surface area contributed by atoms with E-state index in [-0.39, 0.29) is 12.4 Å². The number of hydrogen-bond donors (Lipinski definition) is 0. The fourth-order valence-corrected chi connectivity index (χ4v) is 1.90. The van der Waals surface area contributed by atoms with Crippen LogP contribution in [0.3, 0.4) is 0 Å². The van der Waals surface area contributed by atoms with Gasteiger partial charge in [-0.3, -0.25) is 4.79 Å². The van der Waals surface area contributed by atoms with Crippen LogP contribution in [0.2, 0.25) is 0 Å². The molecule has 0 N–H and O–H groups in total. The highest BCUT2D eigenvalue weighted by Gasteiger charge is 2.21.